The first kappa shape index (κ1) is 21.1. The van der Waals surface area contributed by atoms with Crippen LogP contribution in [0.15, 0.2) is 35.3 Å². The Bertz CT molecular complexity index is 605. The number of guanidine groups is 1. The zero-order valence-corrected chi connectivity index (χ0v) is 17.8. The smallest absolute Gasteiger partial charge is 0.191 e. The van der Waals surface area contributed by atoms with Crippen LogP contribution in [0.25, 0.3) is 0 Å². The summed E-state index contributed by atoms with van der Waals surface area (Å²) in [5.41, 5.74) is 1.48. The maximum absolute atomic E-state index is 5.49. The molecule has 2 fully saturated rings. The normalized spacial score (nSPS) is 20.9. The van der Waals surface area contributed by atoms with E-state index in [0.717, 1.165) is 71.3 Å². The van der Waals surface area contributed by atoms with Crippen molar-refractivity contribution in [3.63, 3.8) is 0 Å². The van der Waals surface area contributed by atoms with Crippen LogP contribution in [0.2, 0.25) is 0 Å². The minimum absolute atomic E-state index is 0.0838. The van der Waals surface area contributed by atoms with Crippen molar-refractivity contribution in [3.8, 4) is 0 Å². The van der Waals surface area contributed by atoms with E-state index in [4.69, 9.17) is 4.74 Å². The van der Waals surface area contributed by atoms with Crippen molar-refractivity contribution in [2.45, 2.75) is 44.8 Å². The van der Waals surface area contributed by atoms with Crippen molar-refractivity contribution in [1.29, 1.82) is 0 Å². The summed E-state index contributed by atoms with van der Waals surface area (Å²) in [7, 11) is 1.86. The van der Waals surface area contributed by atoms with Crippen LogP contribution in [0.4, 0.5) is 0 Å². The molecular formula is C22H37N5O. The molecule has 6 heteroatoms. The Hall–Kier alpha value is -1.63. The van der Waals surface area contributed by atoms with E-state index in [-0.39, 0.29) is 5.54 Å². The van der Waals surface area contributed by atoms with E-state index >= 15 is 0 Å². The zero-order valence-electron chi connectivity index (χ0n) is 17.8. The van der Waals surface area contributed by atoms with Crippen LogP contribution in [0.5, 0.6) is 0 Å². The summed E-state index contributed by atoms with van der Waals surface area (Å²) in [6.45, 7) is 12.4. The lowest BCUT2D eigenvalue weighted by atomic mass is 10.0. The summed E-state index contributed by atoms with van der Waals surface area (Å²) in [5.74, 6) is 0.919. The molecule has 1 aromatic carbocycles. The molecule has 156 valence electrons. The Morgan fingerprint density at radius 3 is 2.43 bits per heavy atom. The van der Waals surface area contributed by atoms with E-state index in [1.54, 1.807) is 0 Å². The van der Waals surface area contributed by atoms with Gasteiger partial charge in [-0.1, -0.05) is 30.3 Å². The van der Waals surface area contributed by atoms with E-state index in [2.05, 4.69) is 69.6 Å². The third-order valence-corrected chi connectivity index (χ3v) is 5.96. The average Bonchev–Trinajstić information content (AvgIpc) is 2.74. The van der Waals surface area contributed by atoms with Crippen molar-refractivity contribution in [2.75, 3.05) is 53.0 Å². The number of morpholine rings is 1. The average molecular weight is 388 g/mol. The lowest BCUT2D eigenvalue weighted by molar-refractivity contribution is -0.00835. The summed E-state index contributed by atoms with van der Waals surface area (Å²) in [6, 6.07) is 11.2. The number of rotatable bonds is 6. The highest BCUT2D eigenvalue weighted by Crippen LogP contribution is 2.16. The summed E-state index contributed by atoms with van der Waals surface area (Å²) < 4.78 is 5.49. The Labute approximate surface area is 170 Å². The highest BCUT2D eigenvalue weighted by atomic mass is 16.5. The second kappa shape index (κ2) is 10.2. The Kier molecular flexibility index (Phi) is 7.71. The number of piperidine rings is 1. The summed E-state index contributed by atoms with van der Waals surface area (Å²) in [4.78, 5) is 9.50. The van der Waals surface area contributed by atoms with Crippen molar-refractivity contribution in [2.24, 2.45) is 4.99 Å². The SMILES string of the molecule is CN=C(NCC(C)(C)N1CCOCC1)NC1CCN(Cc2ccccc2)CC1. The maximum Gasteiger partial charge on any atom is 0.191 e. The highest BCUT2D eigenvalue weighted by molar-refractivity contribution is 5.80. The van der Waals surface area contributed by atoms with Crippen LogP contribution in [-0.2, 0) is 11.3 Å². The number of nitrogens with zero attached hydrogens (tertiary/aromatic N) is 3. The Morgan fingerprint density at radius 2 is 1.79 bits per heavy atom. The van der Waals surface area contributed by atoms with Crippen LogP contribution in [0.3, 0.4) is 0 Å². The molecule has 2 N–H and O–H groups in total. The molecule has 0 saturated carbocycles. The van der Waals surface area contributed by atoms with Gasteiger partial charge in [0.2, 0.25) is 0 Å². The van der Waals surface area contributed by atoms with Crippen LogP contribution in [0, 0.1) is 0 Å². The Morgan fingerprint density at radius 1 is 1.11 bits per heavy atom. The molecule has 6 nitrogen and oxygen atoms in total. The van der Waals surface area contributed by atoms with Crippen LogP contribution in [-0.4, -0.2) is 80.3 Å². The third-order valence-electron chi connectivity index (χ3n) is 5.96. The number of hydrogen-bond donors (Lipinski definition) is 2. The van der Waals surface area contributed by atoms with Gasteiger partial charge in [0.05, 0.1) is 13.2 Å². The molecule has 0 spiro atoms. The number of ether oxygens (including phenoxy) is 1. The summed E-state index contributed by atoms with van der Waals surface area (Å²) >= 11 is 0. The molecule has 0 bridgehead atoms. The first-order chi connectivity index (χ1) is 13.6. The van der Waals surface area contributed by atoms with E-state index in [1.165, 1.54) is 5.56 Å². The standard InChI is InChI=1S/C22H37N5O/c1-22(2,27-13-15-28-16-14-27)18-24-21(23-3)25-20-9-11-26(12-10-20)17-19-7-5-4-6-8-19/h4-8,20H,9-18H2,1-3H3,(H2,23,24,25). The van der Waals surface area contributed by atoms with Gasteiger partial charge in [0, 0.05) is 57.9 Å². The second-order valence-electron chi connectivity index (χ2n) is 8.52. The molecule has 28 heavy (non-hydrogen) atoms. The predicted molar refractivity (Wildman–Crippen MR) is 116 cm³/mol. The van der Waals surface area contributed by atoms with Crippen LogP contribution in [0.1, 0.15) is 32.3 Å². The number of benzene rings is 1. The summed E-state index contributed by atoms with van der Waals surface area (Å²) in [5, 5.41) is 7.18. The van der Waals surface area contributed by atoms with Crippen molar-refractivity contribution < 1.29 is 4.74 Å². The fourth-order valence-electron chi connectivity index (χ4n) is 4.05. The van der Waals surface area contributed by atoms with Gasteiger partial charge in [-0.3, -0.25) is 14.8 Å². The predicted octanol–water partition coefficient (Wildman–Crippen LogP) is 1.93. The molecule has 0 unspecified atom stereocenters. The molecule has 2 aliphatic rings. The monoisotopic (exact) mass is 387 g/mol. The minimum atomic E-state index is 0.0838. The number of nitrogens with one attached hydrogen (secondary N) is 2. The van der Waals surface area contributed by atoms with Gasteiger partial charge in [-0.05, 0) is 32.3 Å². The molecule has 2 heterocycles. The first-order valence-electron chi connectivity index (χ1n) is 10.6. The minimum Gasteiger partial charge on any atom is -0.379 e. The lowest BCUT2D eigenvalue weighted by Gasteiger charge is -2.41. The van der Waals surface area contributed by atoms with E-state index in [1.807, 2.05) is 7.05 Å². The molecule has 0 radical (unpaired) electrons. The van der Waals surface area contributed by atoms with E-state index in [9.17, 15) is 0 Å². The van der Waals surface area contributed by atoms with Gasteiger partial charge in [-0.2, -0.15) is 0 Å². The highest BCUT2D eigenvalue weighted by Gasteiger charge is 2.28. The topological polar surface area (TPSA) is 52.1 Å². The number of aliphatic imine (C=N–C) groups is 1. The van der Waals surface area contributed by atoms with Crippen LogP contribution >= 0.6 is 0 Å². The first-order valence-corrected chi connectivity index (χ1v) is 10.6. The molecule has 0 aliphatic carbocycles. The fraction of sp³-hybridized carbons (Fsp3) is 0.682. The quantitative estimate of drug-likeness (QED) is 0.577. The molecular weight excluding hydrogens is 350 g/mol. The van der Waals surface area contributed by atoms with Gasteiger partial charge in [-0.15, -0.1) is 0 Å². The van der Waals surface area contributed by atoms with E-state index < -0.39 is 0 Å². The molecule has 2 saturated heterocycles. The van der Waals surface area contributed by atoms with Crippen molar-refractivity contribution in [3.05, 3.63) is 35.9 Å². The summed E-state index contributed by atoms with van der Waals surface area (Å²) in [6.07, 6.45) is 2.31. The largest absolute Gasteiger partial charge is 0.379 e. The van der Waals surface area contributed by atoms with Gasteiger partial charge in [0.25, 0.3) is 0 Å². The molecule has 1 aromatic rings. The van der Waals surface area contributed by atoms with Crippen LogP contribution < -0.4 is 10.6 Å². The maximum atomic E-state index is 5.49. The molecule has 2 aliphatic heterocycles. The van der Waals surface area contributed by atoms with Crippen molar-refractivity contribution in [1.82, 2.24) is 20.4 Å². The van der Waals surface area contributed by atoms with Gasteiger partial charge >= 0.3 is 0 Å². The van der Waals surface area contributed by atoms with Gasteiger partial charge in [0.1, 0.15) is 0 Å². The number of likely N-dealkylation sites (tertiary alicyclic amines) is 1. The Balaban J connectivity index is 1.40. The zero-order chi connectivity index (χ0) is 19.8. The van der Waals surface area contributed by atoms with Gasteiger partial charge in [0.15, 0.2) is 5.96 Å². The van der Waals surface area contributed by atoms with Crippen molar-refractivity contribution >= 4 is 5.96 Å². The molecule has 0 atom stereocenters. The molecule has 0 amide bonds. The second-order valence-corrected chi connectivity index (χ2v) is 8.52. The third kappa shape index (κ3) is 6.19. The van der Waals surface area contributed by atoms with Gasteiger partial charge < -0.3 is 15.4 Å². The van der Waals surface area contributed by atoms with E-state index in [0.29, 0.717) is 6.04 Å². The van der Waals surface area contributed by atoms with Gasteiger partial charge in [-0.25, -0.2) is 0 Å². The molecule has 0 aromatic heterocycles. The fourth-order valence-corrected chi connectivity index (χ4v) is 4.05. The lowest BCUT2D eigenvalue weighted by Crippen LogP contribution is -2.57. The number of hydrogen-bond acceptors (Lipinski definition) is 4. The molecule has 3 rings (SSSR count).